The number of carbonyl (C=O) groups is 1. The molecule has 0 aliphatic carbocycles. The van der Waals surface area contributed by atoms with Gasteiger partial charge in [0.05, 0.1) is 12.9 Å². The highest BCUT2D eigenvalue weighted by atomic mass is 32.2. The van der Waals surface area contributed by atoms with Gasteiger partial charge in [-0.1, -0.05) is 0 Å². The number of aromatic nitrogens is 1. The van der Waals surface area contributed by atoms with Crippen molar-refractivity contribution in [3.05, 3.63) is 10.6 Å². The lowest BCUT2D eigenvalue weighted by atomic mass is 10.4. The number of esters is 1. The number of nitrogens with one attached hydrogen (secondary N) is 1. The van der Waals surface area contributed by atoms with Crippen molar-refractivity contribution in [2.45, 2.75) is 6.92 Å². The standard InChI is InChI=1S/C9H14N2O4S2/c1-6-7(8(12)15-2)11-9(16-6)10-4-5-17(3,13)14/h4-5H2,1-3H3,(H,10,11). The molecule has 96 valence electrons. The summed E-state index contributed by atoms with van der Waals surface area (Å²) in [6.45, 7) is 2.03. The van der Waals surface area contributed by atoms with Crippen LogP contribution in [0.2, 0.25) is 0 Å². The first kappa shape index (κ1) is 13.9. The number of ether oxygens (including phenoxy) is 1. The summed E-state index contributed by atoms with van der Waals surface area (Å²) in [5.41, 5.74) is 0.263. The molecule has 1 N–H and O–H groups in total. The van der Waals surface area contributed by atoms with Crippen LogP contribution in [0.4, 0.5) is 5.13 Å². The summed E-state index contributed by atoms with van der Waals surface area (Å²) in [6.07, 6.45) is 1.17. The number of nitrogens with zero attached hydrogens (tertiary/aromatic N) is 1. The minimum atomic E-state index is -3.00. The van der Waals surface area contributed by atoms with Crippen LogP contribution in [0.3, 0.4) is 0 Å². The van der Waals surface area contributed by atoms with Gasteiger partial charge in [0, 0.05) is 17.7 Å². The predicted molar refractivity (Wildman–Crippen MR) is 66.4 cm³/mol. The molecular weight excluding hydrogens is 264 g/mol. The number of carbonyl (C=O) groups excluding carboxylic acids is 1. The zero-order valence-electron chi connectivity index (χ0n) is 9.81. The first-order valence-electron chi connectivity index (χ1n) is 4.81. The maximum Gasteiger partial charge on any atom is 0.357 e. The molecule has 0 spiro atoms. The Labute approximate surface area is 104 Å². The maximum absolute atomic E-state index is 11.3. The van der Waals surface area contributed by atoms with E-state index in [0.717, 1.165) is 4.88 Å². The number of methoxy groups -OCH3 is 1. The quantitative estimate of drug-likeness (QED) is 0.798. The Morgan fingerprint density at radius 3 is 2.71 bits per heavy atom. The van der Waals surface area contributed by atoms with Crippen LogP contribution in [-0.4, -0.2) is 45.0 Å². The van der Waals surface area contributed by atoms with Crippen LogP contribution in [0.15, 0.2) is 0 Å². The number of hydrogen-bond donors (Lipinski definition) is 1. The summed E-state index contributed by atoms with van der Waals surface area (Å²) in [5.74, 6) is -0.464. The van der Waals surface area contributed by atoms with Crippen molar-refractivity contribution in [1.29, 1.82) is 0 Å². The second-order valence-corrected chi connectivity index (χ2v) is 6.93. The average molecular weight is 278 g/mol. The topological polar surface area (TPSA) is 85.4 Å². The van der Waals surface area contributed by atoms with Gasteiger partial charge in [0.1, 0.15) is 9.84 Å². The van der Waals surface area contributed by atoms with Gasteiger partial charge in [-0.2, -0.15) is 0 Å². The second kappa shape index (κ2) is 5.46. The summed E-state index contributed by atoms with van der Waals surface area (Å²) >= 11 is 1.29. The number of hydrogen-bond acceptors (Lipinski definition) is 7. The molecule has 0 aromatic carbocycles. The molecule has 17 heavy (non-hydrogen) atoms. The monoisotopic (exact) mass is 278 g/mol. The van der Waals surface area contributed by atoms with E-state index in [4.69, 9.17) is 0 Å². The Balaban J connectivity index is 2.65. The van der Waals surface area contributed by atoms with Crippen molar-refractivity contribution in [3.63, 3.8) is 0 Å². The zero-order valence-corrected chi connectivity index (χ0v) is 11.4. The molecular formula is C9H14N2O4S2. The second-order valence-electron chi connectivity index (χ2n) is 3.47. The fourth-order valence-electron chi connectivity index (χ4n) is 1.10. The van der Waals surface area contributed by atoms with Crippen LogP contribution in [0.1, 0.15) is 15.4 Å². The lowest BCUT2D eigenvalue weighted by Gasteiger charge is -2.00. The molecule has 0 radical (unpaired) electrons. The van der Waals surface area contributed by atoms with Gasteiger partial charge in [-0.25, -0.2) is 18.2 Å². The Morgan fingerprint density at radius 1 is 1.53 bits per heavy atom. The maximum atomic E-state index is 11.3. The van der Waals surface area contributed by atoms with Gasteiger partial charge >= 0.3 is 5.97 Å². The van der Waals surface area contributed by atoms with Crippen LogP contribution in [0, 0.1) is 6.92 Å². The Kier molecular flexibility index (Phi) is 4.47. The van der Waals surface area contributed by atoms with Crippen molar-refractivity contribution in [2.24, 2.45) is 0 Å². The highest BCUT2D eigenvalue weighted by molar-refractivity contribution is 7.90. The lowest BCUT2D eigenvalue weighted by molar-refractivity contribution is 0.0594. The van der Waals surface area contributed by atoms with E-state index < -0.39 is 15.8 Å². The molecule has 1 aromatic heterocycles. The molecule has 0 aliphatic rings. The molecule has 1 rings (SSSR count). The fourth-order valence-corrected chi connectivity index (χ4v) is 2.40. The molecule has 6 nitrogen and oxygen atoms in total. The summed E-state index contributed by atoms with van der Waals surface area (Å²) in [6, 6.07) is 0. The van der Waals surface area contributed by atoms with Gasteiger partial charge in [-0.3, -0.25) is 0 Å². The third kappa shape index (κ3) is 4.31. The third-order valence-corrected chi connectivity index (χ3v) is 3.80. The molecule has 0 amide bonds. The van der Waals surface area contributed by atoms with Crippen LogP contribution in [0.25, 0.3) is 0 Å². The number of anilines is 1. The molecule has 0 saturated carbocycles. The van der Waals surface area contributed by atoms with Crippen molar-refractivity contribution >= 4 is 32.3 Å². The van der Waals surface area contributed by atoms with E-state index in [1.165, 1.54) is 24.7 Å². The van der Waals surface area contributed by atoms with Gasteiger partial charge in [-0.05, 0) is 6.92 Å². The number of thiazole rings is 1. The van der Waals surface area contributed by atoms with E-state index in [0.29, 0.717) is 5.13 Å². The Bertz CT molecular complexity index is 507. The van der Waals surface area contributed by atoms with Gasteiger partial charge < -0.3 is 10.1 Å². The molecule has 0 fully saturated rings. The fraction of sp³-hybridized carbons (Fsp3) is 0.556. The number of sulfone groups is 1. The summed E-state index contributed by atoms with van der Waals surface area (Å²) in [4.78, 5) is 16.1. The number of rotatable bonds is 5. The normalized spacial score (nSPS) is 11.2. The minimum Gasteiger partial charge on any atom is -0.464 e. The molecule has 0 bridgehead atoms. The highest BCUT2D eigenvalue weighted by Crippen LogP contribution is 2.22. The largest absolute Gasteiger partial charge is 0.464 e. The summed E-state index contributed by atoms with van der Waals surface area (Å²) in [7, 11) is -1.71. The smallest absolute Gasteiger partial charge is 0.357 e. The van der Waals surface area contributed by atoms with Gasteiger partial charge in [0.15, 0.2) is 10.8 Å². The van der Waals surface area contributed by atoms with E-state index in [9.17, 15) is 13.2 Å². The molecule has 8 heteroatoms. The minimum absolute atomic E-state index is 0.0270. The van der Waals surface area contributed by atoms with E-state index in [1.807, 2.05) is 0 Å². The Hall–Kier alpha value is -1.15. The van der Waals surface area contributed by atoms with Crippen molar-refractivity contribution < 1.29 is 17.9 Å². The first-order valence-corrected chi connectivity index (χ1v) is 7.68. The summed E-state index contributed by atoms with van der Waals surface area (Å²) < 4.78 is 26.4. The average Bonchev–Trinajstić information content (AvgIpc) is 2.57. The highest BCUT2D eigenvalue weighted by Gasteiger charge is 2.15. The van der Waals surface area contributed by atoms with Gasteiger partial charge in [0.25, 0.3) is 0 Å². The Morgan fingerprint density at radius 2 is 2.18 bits per heavy atom. The van der Waals surface area contributed by atoms with E-state index in [-0.39, 0.29) is 18.0 Å². The molecule has 1 aromatic rings. The van der Waals surface area contributed by atoms with Gasteiger partial charge in [0.2, 0.25) is 0 Å². The predicted octanol–water partition coefficient (Wildman–Crippen LogP) is 0.695. The number of aryl methyl sites for hydroxylation is 1. The van der Waals surface area contributed by atoms with Crippen LogP contribution >= 0.6 is 11.3 Å². The van der Waals surface area contributed by atoms with Crippen molar-refractivity contribution in [1.82, 2.24) is 4.98 Å². The van der Waals surface area contributed by atoms with Gasteiger partial charge in [-0.15, -0.1) is 11.3 Å². The van der Waals surface area contributed by atoms with Crippen molar-refractivity contribution in [2.75, 3.05) is 31.0 Å². The van der Waals surface area contributed by atoms with Crippen molar-refractivity contribution in [3.8, 4) is 0 Å². The molecule has 0 unspecified atom stereocenters. The summed E-state index contributed by atoms with van der Waals surface area (Å²) in [5, 5.41) is 3.38. The van der Waals surface area contributed by atoms with E-state index in [2.05, 4.69) is 15.0 Å². The zero-order chi connectivity index (χ0) is 13.1. The molecule has 1 heterocycles. The van der Waals surface area contributed by atoms with Crippen LogP contribution < -0.4 is 5.32 Å². The SMILES string of the molecule is COC(=O)c1nc(NCCS(C)(=O)=O)sc1C. The first-order chi connectivity index (χ1) is 7.83. The third-order valence-electron chi connectivity index (χ3n) is 1.92. The molecule has 0 saturated heterocycles. The van der Waals surface area contributed by atoms with E-state index in [1.54, 1.807) is 6.92 Å². The van der Waals surface area contributed by atoms with Crippen LogP contribution in [0.5, 0.6) is 0 Å². The van der Waals surface area contributed by atoms with Crippen LogP contribution in [-0.2, 0) is 14.6 Å². The molecule has 0 atom stereocenters. The van der Waals surface area contributed by atoms with E-state index >= 15 is 0 Å². The lowest BCUT2D eigenvalue weighted by Crippen LogP contribution is -2.14. The molecule has 0 aliphatic heterocycles.